The highest BCUT2D eigenvalue weighted by Crippen LogP contribution is 2.32. The van der Waals surface area contributed by atoms with Gasteiger partial charge in [0.25, 0.3) is 0 Å². The molecule has 4 heteroatoms. The number of hydrogen-bond donors (Lipinski definition) is 0. The second kappa shape index (κ2) is 8.05. The zero-order chi connectivity index (χ0) is 19.6. The third kappa shape index (κ3) is 3.83. The molecule has 0 aliphatic carbocycles. The number of aromatic nitrogens is 2. The van der Waals surface area contributed by atoms with Gasteiger partial charge in [-0.15, -0.1) is 11.3 Å². The van der Waals surface area contributed by atoms with Crippen molar-refractivity contribution >= 4 is 22.2 Å². The van der Waals surface area contributed by atoms with Crippen molar-refractivity contribution in [2.75, 3.05) is 13.1 Å². The average molecular weight is 400 g/mol. The summed E-state index contributed by atoms with van der Waals surface area (Å²) in [5, 5.41) is 2.26. The minimum absolute atomic E-state index is 0.710. The van der Waals surface area contributed by atoms with Crippen LogP contribution in [0.25, 0.3) is 32.0 Å². The van der Waals surface area contributed by atoms with E-state index < -0.39 is 0 Å². The number of nitrogens with zero attached hydrogens (tertiary/aromatic N) is 3. The van der Waals surface area contributed by atoms with Crippen LogP contribution in [0.15, 0.2) is 66.9 Å². The summed E-state index contributed by atoms with van der Waals surface area (Å²) in [7, 11) is 0. The summed E-state index contributed by atoms with van der Waals surface area (Å²) in [6.07, 6.45) is 5.66. The lowest BCUT2D eigenvalue weighted by atomic mass is 10.1. The van der Waals surface area contributed by atoms with Crippen molar-refractivity contribution in [1.29, 1.82) is 0 Å². The third-order valence-electron chi connectivity index (χ3n) is 5.94. The lowest BCUT2D eigenvalue weighted by molar-refractivity contribution is 0.272. The predicted octanol–water partition coefficient (Wildman–Crippen LogP) is 6.05. The zero-order valence-corrected chi connectivity index (χ0v) is 17.5. The maximum atomic E-state index is 5.07. The normalized spacial score (nSPS) is 17.2. The van der Waals surface area contributed by atoms with Crippen molar-refractivity contribution in [3.63, 3.8) is 0 Å². The number of hydrogen-bond acceptors (Lipinski definition) is 4. The molecular formula is C25H25N3S. The topological polar surface area (TPSA) is 29.0 Å². The molecule has 0 unspecified atom stereocenters. The number of rotatable bonds is 5. The Morgan fingerprint density at radius 1 is 1.03 bits per heavy atom. The Kier molecular flexibility index (Phi) is 5.13. The Hall–Kier alpha value is -2.56. The standard InChI is InChI=1S/C25H25N3S/c1-18-7-6-15-28(18)16-14-20-11-5-10-19-12-13-22(27-24(19)20)23-17-26-25(29-23)21-8-3-2-4-9-21/h2-5,8-13,17-18H,6-7,14-16H2,1H3/t18-/m1/s1. The molecule has 1 aliphatic heterocycles. The summed E-state index contributed by atoms with van der Waals surface area (Å²) < 4.78 is 0. The molecule has 0 amide bonds. The predicted molar refractivity (Wildman–Crippen MR) is 122 cm³/mol. The fourth-order valence-electron chi connectivity index (χ4n) is 4.24. The molecule has 5 rings (SSSR count). The van der Waals surface area contributed by atoms with E-state index in [0.29, 0.717) is 6.04 Å². The first kappa shape index (κ1) is 18.5. The van der Waals surface area contributed by atoms with Gasteiger partial charge in [0.2, 0.25) is 0 Å². The Bertz CT molecular complexity index is 1120. The van der Waals surface area contributed by atoms with Crippen molar-refractivity contribution in [1.82, 2.24) is 14.9 Å². The smallest absolute Gasteiger partial charge is 0.123 e. The molecule has 3 heterocycles. The fourth-order valence-corrected chi connectivity index (χ4v) is 5.13. The van der Waals surface area contributed by atoms with Crippen LogP contribution in [0.1, 0.15) is 25.3 Å². The van der Waals surface area contributed by atoms with E-state index in [-0.39, 0.29) is 0 Å². The van der Waals surface area contributed by atoms with E-state index in [1.54, 1.807) is 11.3 Å². The van der Waals surface area contributed by atoms with E-state index in [2.05, 4.69) is 71.4 Å². The van der Waals surface area contributed by atoms with Gasteiger partial charge in [0.15, 0.2) is 0 Å². The van der Waals surface area contributed by atoms with E-state index in [9.17, 15) is 0 Å². The van der Waals surface area contributed by atoms with Gasteiger partial charge in [-0.3, -0.25) is 0 Å². The summed E-state index contributed by atoms with van der Waals surface area (Å²) >= 11 is 1.71. The molecule has 3 nitrogen and oxygen atoms in total. The van der Waals surface area contributed by atoms with Crippen LogP contribution in [-0.4, -0.2) is 34.0 Å². The Balaban J connectivity index is 1.44. The molecule has 1 atom stereocenters. The first-order chi connectivity index (χ1) is 14.3. The van der Waals surface area contributed by atoms with Gasteiger partial charge in [0.1, 0.15) is 5.01 Å². The van der Waals surface area contributed by atoms with E-state index in [1.165, 1.54) is 30.3 Å². The lowest BCUT2D eigenvalue weighted by Gasteiger charge is -2.21. The summed E-state index contributed by atoms with van der Waals surface area (Å²) in [5.41, 5.74) is 4.65. The monoisotopic (exact) mass is 399 g/mol. The van der Waals surface area contributed by atoms with Gasteiger partial charge in [0, 0.05) is 29.7 Å². The van der Waals surface area contributed by atoms with Crippen LogP contribution in [0.4, 0.5) is 0 Å². The van der Waals surface area contributed by atoms with E-state index in [1.807, 2.05) is 12.3 Å². The van der Waals surface area contributed by atoms with Crippen LogP contribution >= 0.6 is 11.3 Å². The van der Waals surface area contributed by atoms with E-state index >= 15 is 0 Å². The van der Waals surface area contributed by atoms with Crippen molar-refractivity contribution in [2.45, 2.75) is 32.2 Å². The molecule has 0 bridgehead atoms. The second-order valence-electron chi connectivity index (χ2n) is 7.86. The third-order valence-corrected chi connectivity index (χ3v) is 7.01. The zero-order valence-electron chi connectivity index (χ0n) is 16.7. The molecule has 1 aliphatic rings. The minimum Gasteiger partial charge on any atom is -0.300 e. The first-order valence-corrected chi connectivity index (χ1v) is 11.2. The van der Waals surface area contributed by atoms with Crippen molar-refractivity contribution in [2.24, 2.45) is 0 Å². The average Bonchev–Trinajstić information content (AvgIpc) is 3.42. The number of pyridine rings is 1. The summed E-state index contributed by atoms with van der Waals surface area (Å²) in [6.45, 7) is 4.69. The summed E-state index contributed by atoms with van der Waals surface area (Å²) in [6, 6.07) is 21.9. The van der Waals surface area contributed by atoms with Crippen LogP contribution in [0.2, 0.25) is 0 Å². The second-order valence-corrected chi connectivity index (χ2v) is 8.89. The van der Waals surface area contributed by atoms with Crippen LogP contribution < -0.4 is 0 Å². The summed E-state index contributed by atoms with van der Waals surface area (Å²) in [5.74, 6) is 0. The lowest BCUT2D eigenvalue weighted by Crippen LogP contribution is -2.29. The Morgan fingerprint density at radius 3 is 2.76 bits per heavy atom. The molecule has 0 spiro atoms. The Labute approximate surface area is 176 Å². The maximum Gasteiger partial charge on any atom is 0.123 e. The van der Waals surface area contributed by atoms with Gasteiger partial charge >= 0.3 is 0 Å². The molecule has 4 aromatic rings. The highest BCUT2D eigenvalue weighted by Gasteiger charge is 2.20. The van der Waals surface area contributed by atoms with Gasteiger partial charge in [-0.25, -0.2) is 9.97 Å². The van der Waals surface area contributed by atoms with E-state index in [0.717, 1.165) is 39.6 Å². The van der Waals surface area contributed by atoms with Crippen LogP contribution in [-0.2, 0) is 6.42 Å². The highest BCUT2D eigenvalue weighted by atomic mass is 32.1. The van der Waals surface area contributed by atoms with Gasteiger partial charge in [-0.05, 0) is 44.4 Å². The first-order valence-electron chi connectivity index (χ1n) is 10.4. The SMILES string of the molecule is C[C@@H]1CCCN1CCc1cccc2ccc(-c3cnc(-c4ccccc4)s3)nc12. The van der Waals surface area contributed by atoms with E-state index in [4.69, 9.17) is 4.98 Å². The molecule has 2 aromatic heterocycles. The number of fused-ring (bicyclic) bond motifs is 1. The van der Waals surface area contributed by atoms with Crippen LogP contribution in [0.3, 0.4) is 0 Å². The van der Waals surface area contributed by atoms with Gasteiger partial charge < -0.3 is 4.90 Å². The molecule has 0 radical (unpaired) electrons. The van der Waals surface area contributed by atoms with Crippen molar-refractivity contribution in [3.8, 4) is 21.1 Å². The Morgan fingerprint density at radius 2 is 1.93 bits per heavy atom. The van der Waals surface area contributed by atoms with Crippen LogP contribution in [0, 0.1) is 0 Å². The number of thiazole rings is 1. The molecule has 1 saturated heterocycles. The largest absolute Gasteiger partial charge is 0.300 e. The van der Waals surface area contributed by atoms with Crippen molar-refractivity contribution in [3.05, 3.63) is 72.4 Å². The fraction of sp³-hybridized carbons (Fsp3) is 0.280. The molecular weight excluding hydrogens is 374 g/mol. The van der Waals surface area contributed by atoms with Crippen LogP contribution in [0.5, 0.6) is 0 Å². The van der Waals surface area contributed by atoms with Gasteiger partial charge in [-0.2, -0.15) is 0 Å². The molecule has 0 N–H and O–H groups in total. The summed E-state index contributed by atoms with van der Waals surface area (Å²) in [4.78, 5) is 13.4. The van der Waals surface area contributed by atoms with Crippen molar-refractivity contribution < 1.29 is 0 Å². The quantitative estimate of drug-likeness (QED) is 0.409. The van der Waals surface area contributed by atoms with Gasteiger partial charge in [-0.1, -0.05) is 54.6 Å². The number of benzene rings is 2. The molecule has 146 valence electrons. The molecule has 29 heavy (non-hydrogen) atoms. The number of para-hydroxylation sites is 1. The molecule has 1 fully saturated rings. The highest BCUT2D eigenvalue weighted by molar-refractivity contribution is 7.18. The maximum absolute atomic E-state index is 5.07. The minimum atomic E-state index is 0.710. The molecule has 2 aromatic carbocycles. The van der Waals surface area contributed by atoms with Gasteiger partial charge in [0.05, 0.1) is 16.1 Å². The number of likely N-dealkylation sites (tertiary alicyclic amines) is 1. The molecule has 0 saturated carbocycles.